The lowest BCUT2D eigenvalue weighted by Crippen LogP contribution is -2.09. The van der Waals surface area contributed by atoms with Gasteiger partial charge in [0.1, 0.15) is 5.75 Å². The van der Waals surface area contributed by atoms with Crippen LogP contribution in [0.2, 0.25) is 0 Å². The Hall–Kier alpha value is -2.10. The van der Waals surface area contributed by atoms with Crippen molar-refractivity contribution < 1.29 is 14.6 Å². The number of rotatable bonds is 3. The summed E-state index contributed by atoms with van der Waals surface area (Å²) in [7, 11) is 0. The van der Waals surface area contributed by atoms with E-state index >= 15 is 0 Å². The number of aromatic nitrogens is 1. The topological polar surface area (TPSA) is 59.4 Å². The summed E-state index contributed by atoms with van der Waals surface area (Å²) >= 11 is 0. The van der Waals surface area contributed by atoms with E-state index in [9.17, 15) is 4.79 Å². The minimum atomic E-state index is -0.990. The van der Waals surface area contributed by atoms with Crippen molar-refractivity contribution in [2.24, 2.45) is 0 Å². The van der Waals surface area contributed by atoms with Gasteiger partial charge in [-0.25, -0.2) is 4.79 Å². The van der Waals surface area contributed by atoms with Gasteiger partial charge < -0.3 is 9.84 Å². The quantitative estimate of drug-likeness (QED) is 0.824. The van der Waals surface area contributed by atoms with Crippen LogP contribution >= 0.6 is 0 Å². The highest BCUT2D eigenvalue weighted by molar-refractivity contribution is 5.79. The molecule has 1 aromatic heterocycles. The van der Waals surface area contributed by atoms with Gasteiger partial charge >= 0.3 is 5.97 Å². The van der Waals surface area contributed by atoms with Gasteiger partial charge in [-0.1, -0.05) is 6.07 Å². The van der Waals surface area contributed by atoms with Crippen molar-refractivity contribution in [2.45, 2.75) is 0 Å². The van der Waals surface area contributed by atoms with E-state index in [1.807, 2.05) is 18.2 Å². The highest BCUT2D eigenvalue weighted by atomic mass is 16.5. The molecule has 0 bridgehead atoms. The van der Waals surface area contributed by atoms with Crippen LogP contribution in [-0.2, 0) is 4.79 Å². The average molecular weight is 203 g/mol. The van der Waals surface area contributed by atoms with Crippen LogP contribution in [0, 0.1) is 0 Å². The van der Waals surface area contributed by atoms with E-state index in [4.69, 9.17) is 9.84 Å². The van der Waals surface area contributed by atoms with Crippen LogP contribution in [0.4, 0.5) is 0 Å². The zero-order valence-corrected chi connectivity index (χ0v) is 7.88. The molecule has 0 fully saturated rings. The summed E-state index contributed by atoms with van der Waals surface area (Å²) in [5, 5.41) is 9.45. The normalized spacial score (nSPS) is 10.1. The van der Waals surface area contributed by atoms with Crippen molar-refractivity contribution in [3.63, 3.8) is 0 Å². The zero-order valence-electron chi connectivity index (χ0n) is 7.88. The van der Waals surface area contributed by atoms with E-state index in [2.05, 4.69) is 4.98 Å². The highest BCUT2D eigenvalue weighted by Gasteiger charge is 2.00. The molecule has 0 aliphatic rings. The standard InChI is InChI=1S/C11H9NO3/c13-11(14)7-15-9-4-3-8-2-1-5-12-10(8)6-9/h1-6H,7H2,(H,13,14). The fourth-order valence-corrected chi connectivity index (χ4v) is 1.28. The fourth-order valence-electron chi connectivity index (χ4n) is 1.28. The van der Waals surface area contributed by atoms with Crippen molar-refractivity contribution in [3.05, 3.63) is 36.5 Å². The number of carboxylic acid groups (broad SMARTS) is 1. The fraction of sp³-hybridized carbons (Fsp3) is 0.0909. The van der Waals surface area contributed by atoms with Crippen molar-refractivity contribution in [2.75, 3.05) is 6.61 Å². The van der Waals surface area contributed by atoms with E-state index in [1.54, 1.807) is 18.3 Å². The number of benzene rings is 1. The summed E-state index contributed by atoms with van der Waals surface area (Å²) in [4.78, 5) is 14.4. The number of carboxylic acids is 1. The molecule has 0 amide bonds. The molecule has 0 radical (unpaired) electrons. The molecule has 2 aromatic rings. The molecule has 0 aliphatic heterocycles. The van der Waals surface area contributed by atoms with E-state index < -0.39 is 5.97 Å². The lowest BCUT2D eigenvalue weighted by molar-refractivity contribution is -0.139. The van der Waals surface area contributed by atoms with Crippen LogP contribution in [-0.4, -0.2) is 22.7 Å². The van der Waals surface area contributed by atoms with Gasteiger partial charge in [0.15, 0.2) is 6.61 Å². The Labute approximate surface area is 86.1 Å². The molecule has 2 rings (SSSR count). The van der Waals surface area contributed by atoms with Crippen molar-refractivity contribution >= 4 is 16.9 Å². The SMILES string of the molecule is O=C(O)COc1ccc2cccnc2c1. The largest absolute Gasteiger partial charge is 0.482 e. The van der Waals surface area contributed by atoms with Gasteiger partial charge in [-0.05, 0) is 18.2 Å². The van der Waals surface area contributed by atoms with Crippen LogP contribution < -0.4 is 4.74 Å². The van der Waals surface area contributed by atoms with Gasteiger partial charge in [0.2, 0.25) is 0 Å². The van der Waals surface area contributed by atoms with Crippen molar-refractivity contribution in [1.29, 1.82) is 0 Å². The maximum atomic E-state index is 10.3. The van der Waals surface area contributed by atoms with Gasteiger partial charge in [0.05, 0.1) is 5.52 Å². The van der Waals surface area contributed by atoms with E-state index in [0.717, 1.165) is 10.9 Å². The lowest BCUT2D eigenvalue weighted by Gasteiger charge is -2.03. The molecular formula is C11H9NO3. The van der Waals surface area contributed by atoms with Crippen LogP contribution in [0.15, 0.2) is 36.5 Å². The number of hydrogen-bond acceptors (Lipinski definition) is 3. The lowest BCUT2D eigenvalue weighted by atomic mass is 10.2. The number of carbonyl (C=O) groups is 1. The Morgan fingerprint density at radius 3 is 3.07 bits per heavy atom. The Morgan fingerprint density at radius 1 is 1.40 bits per heavy atom. The molecule has 0 aliphatic carbocycles. The minimum Gasteiger partial charge on any atom is -0.482 e. The van der Waals surface area contributed by atoms with Crippen molar-refractivity contribution in [3.8, 4) is 5.75 Å². The number of fused-ring (bicyclic) bond motifs is 1. The molecular weight excluding hydrogens is 194 g/mol. The molecule has 1 N–H and O–H groups in total. The molecule has 0 unspecified atom stereocenters. The Bertz CT molecular complexity index is 496. The predicted molar refractivity (Wildman–Crippen MR) is 54.9 cm³/mol. The number of pyridine rings is 1. The zero-order chi connectivity index (χ0) is 10.7. The second kappa shape index (κ2) is 3.96. The first kappa shape index (κ1) is 9.45. The number of nitrogens with zero attached hydrogens (tertiary/aromatic N) is 1. The first-order valence-electron chi connectivity index (χ1n) is 4.45. The van der Waals surface area contributed by atoms with E-state index in [0.29, 0.717) is 5.75 Å². The van der Waals surface area contributed by atoms with Gasteiger partial charge in [-0.3, -0.25) is 4.98 Å². The maximum absolute atomic E-state index is 10.3. The van der Waals surface area contributed by atoms with E-state index in [1.165, 1.54) is 0 Å². The second-order valence-electron chi connectivity index (χ2n) is 3.04. The maximum Gasteiger partial charge on any atom is 0.341 e. The smallest absolute Gasteiger partial charge is 0.341 e. The summed E-state index contributed by atoms with van der Waals surface area (Å²) in [6.45, 7) is -0.335. The molecule has 76 valence electrons. The number of ether oxygens (including phenoxy) is 1. The van der Waals surface area contributed by atoms with E-state index in [-0.39, 0.29) is 6.61 Å². The summed E-state index contributed by atoms with van der Waals surface area (Å²) in [6.07, 6.45) is 1.68. The number of aliphatic carboxylic acids is 1. The van der Waals surface area contributed by atoms with Gasteiger partial charge in [0, 0.05) is 17.6 Å². The molecule has 0 saturated heterocycles. The molecule has 0 saturated carbocycles. The molecule has 0 spiro atoms. The summed E-state index contributed by atoms with van der Waals surface area (Å²) in [5.74, 6) is -0.472. The number of hydrogen-bond donors (Lipinski definition) is 1. The first-order valence-corrected chi connectivity index (χ1v) is 4.45. The van der Waals surface area contributed by atoms with Gasteiger partial charge in [-0.15, -0.1) is 0 Å². The molecule has 4 nitrogen and oxygen atoms in total. The summed E-state index contributed by atoms with van der Waals surface area (Å²) < 4.78 is 5.04. The Kier molecular flexibility index (Phi) is 2.49. The summed E-state index contributed by atoms with van der Waals surface area (Å²) in [6, 6.07) is 9.08. The monoisotopic (exact) mass is 203 g/mol. The Morgan fingerprint density at radius 2 is 2.27 bits per heavy atom. The summed E-state index contributed by atoms with van der Waals surface area (Å²) in [5.41, 5.74) is 0.792. The third-order valence-electron chi connectivity index (χ3n) is 1.94. The Balaban J connectivity index is 2.26. The van der Waals surface area contributed by atoms with Crippen LogP contribution in [0.3, 0.4) is 0 Å². The molecule has 1 heterocycles. The van der Waals surface area contributed by atoms with Crippen LogP contribution in [0.25, 0.3) is 10.9 Å². The highest BCUT2D eigenvalue weighted by Crippen LogP contribution is 2.18. The second-order valence-corrected chi connectivity index (χ2v) is 3.04. The van der Waals surface area contributed by atoms with Crippen molar-refractivity contribution in [1.82, 2.24) is 4.98 Å². The minimum absolute atomic E-state index is 0.335. The first-order chi connectivity index (χ1) is 7.25. The third-order valence-corrected chi connectivity index (χ3v) is 1.94. The third kappa shape index (κ3) is 2.22. The molecule has 1 aromatic carbocycles. The van der Waals surface area contributed by atoms with Gasteiger partial charge in [0.25, 0.3) is 0 Å². The molecule has 15 heavy (non-hydrogen) atoms. The average Bonchev–Trinajstić information content (AvgIpc) is 2.26. The van der Waals surface area contributed by atoms with Crippen LogP contribution in [0.5, 0.6) is 5.75 Å². The molecule has 0 atom stereocenters. The van der Waals surface area contributed by atoms with Crippen LogP contribution in [0.1, 0.15) is 0 Å². The van der Waals surface area contributed by atoms with Gasteiger partial charge in [-0.2, -0.15) is 0 Å². The molecule has 4 heteroatoms. The predicted octanol–water partition coefficient (Wildman–Crippen LogP) is 1.70.